The smallest absolute Gasteiger partial charge is 0.393 e. The maximum absolute atomic E-state index is 13.5. The number of carbonyl (C=O) groups excluding carboxylic acids is 1. The minimum absolute atomic E-state index is 0.0594. The van der Waals surface area contributed by atoms with Crippen LogP contribution in [0.4, 0.5) is 32.2 Å². The Hall–Kier alpha value is -3.60. The Labute approximate surface area is 221 Å². The predicted molar refractivity (Wildman–Crippen MR) is 134 cm³/mol. The number of nitrogens with zero attached hydrogens (tertiary/aromatic N) is 3. The lowest BCUT2D eigenvalue weighted by molar-refractivity contribution is -0.143. The second-order valence-electron chi connectivity index (χ2n) is 9.70. The van der Waals surface area contributed by atoms with Crippen molar-refractivity contribution in [2.45, 2.75) is 44.8 Å². The first kappa shape index (κ1) is 28.4. The molecule has 0 unspecified atom stereocenters. The number of aromatic nitrogens is 1. The number of aryl methyl sites for hydroxylation is 1. The van der Waals surface area contributed by atoms with Crippen LogP contribution in [0.15, 0.2) is 54.7 Å². The number of carbonyl (C=O) groups is 1. The number of rotatable bonds is 5. The standard InChI is InChI=1S/C28H27F6N3O2/c1-17-5-3-4-6-22(17)23-14-25(37-9-7-21(38)8-10-37)35-15-24(23)26(39)36(2)16-18-11-19(27(29,30)31)13-20(12-18)28(32,33)34/h3-6,11-15,21,38H,7-10,16H2,1-2H3. The average Bonchev–Trinajstić information content (AvgIpc) is 2.87. The topological polar surface area (TPSA) is 56.7 Å². The molecule has 0 atom stereocenters. The van der Waals surface area contributed by atoms with E-state index in [2.05, 4.69) is 4.98 Å². The van der Waals surface area contributed by atoms with Gasteiger partial charge in [0, 0.05) is 32.9 Å². The number of halogens is 6. The Balaban J connectivity index is 1.70. The highest BCUT2D eigenvalue weighted by atomic mass is 19.4. The molecule has 39 heavy (non-hydrogen) atoms. The van der Waals surface area contributed by atoms with Crippen molar-refractivity contribution in [1.82, 2.24) is 9.88 Å². The molecule has 208 valence electrons. The summed E-state index contributed by atoms with van der Waals surface area (Å²) in [5, 5.41) is 9.84. The maximum atomic E-state index is 13.5. The molecular formula is C28H27F6N3O2. The van der Waals surface area contributed by atoms with Gasteiger partial charge in [0.05, 0.1) is 22.8 Å². The molecule has 3 aromatic rings. The molecule has 0 radical (unpaired) electrons. The van der Waals surface area contributed by atoms with Gasteiger partial charge < -0.3 is 14.9 Å². The van der Waals surface area contributed by atoms with Crippen LogP contribution < -0.4 is 4.90 Å². The van der Waals surface area contributed by atoms with Crippen LogP contribution in [0, 0.1) is 6.92 Å². The van der Waals surface area contributed by atoms with Crippen molar-refractivity contribution >= 4 is 11.7 Å². The Morgan fingerprint density at radius 3 is 2.13 bits per heavy atom. The van der Waals surface area contributed by atoms with Crippen molar-refractivity contribution in [2.24, 2.45) is 0 Å². The largest absolute Gasteiger partial charge is 0.416 e. The molecule has 5 nitrogen and oxygen atoms in total. The van der Waals surface area contributed by atoms with E-state index in [0.29, 0.717) is 49.4 Å². The molecule has 0 spiro atoms. The predicted octanol–water partition coefficient (Wildman–Crippen LogP) is 6.33. The first-order valence-electron chi connectivity index (χ1n) is 12.3. The van der Waals surface area contributed by atoms with E-state index >= 15 is 0 Å². The zero-order valence-electron chi connectivity index (χ0n) is 21.3. The van der Waals surface area contributed by atoms with Gasteiger partial charge in [-0.05, 0) is 66.3 Å². The zero-order valence-corrected chi connectivity index (χ0v) is 21.3. The van der Waals surface area contributed by atoms with Gasteiger partial charge in [0.15, 0.2) is 0 Å². The number of anilines is 1. The van der Waals surface area contributed by atoms with Crippen LogP contribution in [-0.2, 0) is 18.9 Å². The summed E-state index contributed by atoms with van der Waals surface area (Å²) in [5.41, 5.74) is -0.863. The number of pyridine rings is 1. The Morgan fingerprint density at radius 2 is 1.56 bits per heavy atom. The number of piperidine rings is 1. The summed E-state index contributed by atoms with van der Waals surface area (Å²) < 4.78 is 79.9. The molecular weight excluding hydrogens is 524 g/mol. The molecule has 2 aromatic carbocycles. The van der Waals surface area contributed by atoms with Crippen LogP contribution >= 0.6 is 0 Å². The second-order valence-corrected chi connectivity index (χ2v) is 9.70. The van der Waals surface area contributed by atoms with Gasteiger partial charge in [0.2, 0.25) is 0 Å². The normalized spacial score (nSPS) is 14.9. The molecule has 1 N–H and O–H groups in total. The van der Waals surface area contributed by atoms with E-state index in [0.717, 1.165) is 16.0 Å². The summed E-state index contributed by atoms with van der Waals surface area (Å²) in [6, 6.07) is 10.4. The molecule has 1 aliphatic rings. The molecule has 1 aliphatic heterocycles. The van der Waals surface area contributed by atoms with Crippen LogP contribution in [0.1, 0.15) is 45.5 Å². The third kappa shape index (κ3) is 6.52. The molecule has 2 heterocycles. The highest BCUT2D eigenvalue weighted by Crippen LogP contribution is 2.37. The van der Waals surface area contributed by atoms with Crippen LogP contribution in [0.3, 0.4) is 0 Å². The number of alkyl halides is 6. The van der Waals surface area contributed by atoms with E-state index in [-0.39, 0.29) is 23.3 Å². The van der Waals surface area contributed by atoms with Crippen LogP contribution in [0.5, 0.6) is 0 Å². The lowest BCUT2D eigenvalue weighted by atomic mass is 9.96. The summed E-state index contributed by atoms with van der Waals surface area (Å²) in [4.78, 5) is 21.1. The van der Waals surface area contributed by atoms with E-state index in [1.807, 2.05) is 30.0 Å². The quantitative estimate of drug-likeness (QED) is 0.377. The summed E-state index contributed by atoms with van der Waals surface area (Å²) in [5.74, 6) is -0.000562. The fourth-order valence-electron chi connectivity index (χ4n) is 4.64. The van der Waals surface area contributed by atoms with Crippen LogP contribution in [0.2, 0.25) is 0 Å². The number of hydrogen-bond donors (Lipinski definition) is 1. The first-order chi connectivity index (χ1) is 18.2. The highest BCUT2D eigenvalue weighted by molar-refractivity contribution is 6.01. The molecule has 1 amide bonds. The molecule has 1 aromatic heterocycles. The summed E-state index contributed by atoms with van der Waals surface area (Å²) >= 11 is 0. The lowest BCUT2D eigenvalue weighted by Gasteiger charge is -2.31. The van der Waals surface area contributed by atoms with E-state index in [9.17, 15) is 36.2 Å². The fourth-order valence-corrected chi connectivity index (χ4v) is 4.64. The van der Waals surface area contributed by atoms with Gasteiger partial charge >= 0.3 is 12.4 Å². The Morgan fingerprint density at radius 1 is 0.974 bits per heavy atom. The van der Waals surface area contributed by atoms with Crippen molar-refractivity contribution in [3.05, 3.63) is 82.5 Å². The van der Waals surface area contributed by atoms with E-state index in [1.54, 1.807) is 12.1 Å². The summed E-state index contributed by atoms with van der Waals surface area (Å²) in [7, 11) is 1.32. The van der Waals surface area contributed by atoms with E-state index in [1.165, 1.54) is 13.2 Å². The van der Waals surface area contributed by atoms with E-state index in [4.69, 9.17) is 0 Å². The zero-order chi connectivity index (χ0) is 28.5. The molecule has 1 saturated heterocycles. The van der Waals surface area contributed by atoms with Gasteiger partial charge in [0.25, 0.3) is 5.91 Å². The molecule has 11 heteroatoms. The summed E-state index contributed by atoms with van der Waals surface area (Å²) in [6.45, 7) is 2.54. The van der Waals surface area contributed by atoms with Crippen LogP contribution in [-0.4, -0.2) is 47.1 Å². The molecule has 0 saturated carbocycles. The first-order valence-corrected chi connectivity index (χ1v) is 12.3. The Bertz CT molecular complexity index is 1320. The molecule has 4 rings (SSSR count). The average molecular weight is 552 g/mol. The van der Waals surface area contributed by atoms with Gasteiger partial charge in [0.1, 0.15) is 5.82 Å². The van der Waals surface area contributed by atoms with E-state index < -0.39 is 35.9 Å². The molecule has 1 fully saturated rings. The van der Waals surface area contributed by atoms with Gasteiger partial charge in [-0.15, -0.1) is 0 Å². The lowest BCUT2D eigenvalue weighted by Crippen LogP contribution is -2.36. The minimum atomic E-state index is -4.99. The monoisotopic (exact) mass is 551 g/mol. The van der Waals surface area contributed by atoms with Crippen molar-refractivity contribution in [2.75, 3.05) is 25.0 Å². The van der Waals surface area contributed by atoms with Gasteiger partial charge in [-0.25, -0.2) is 4.98 Å². The number of amides is 1. The number of aliphatic hydroxyl groups is 1. The van der Waals surface area contributed by atoms with Crippen molar-refractivity contribution < 1.29 is 36.2 Å². The number of aliphatic hydroxyl groups excluding tert-OH is 1. The third-order valence-corrected chi connectivity index (χ3v) is 6.76. The fraction of sp³-hybridized carbons (Fsp3) is 0.357. The summed E-state index contributed by atoms with van der Waals surface area (Å²) in [6.07, 6.45) is -7.83. The van der Waals surface area contributed by atoms with Crippen molar-refractivity contribution in [3.8, 4) is 11.1 Å². The number of benzene rings is 2. The van der Waals surface area contributed by atoms with Crippen LogP contribution in [0.25, 0.3) is 11.1 Å². The Kier molecular flexibility index (Phi) is 7.92. The van der Waals surface area contributed by atoms with Gasteiger partial charge in [-0.1, -0.05) is 24.3 Å². The molecule has 0 aliphatic carbocycles. The molecule has 0 bridgehead atoms. The minimum Gasteiger partial charge on any atom is -0.393 e. The van der Waals surface area contributed by atoms with Crippen molar-refractivity contribution in [3.63, 3.8) is 0 Å². The van der Waals surface area contributed by atoms with Gasteiger partial charge in [-0.2, -0.15) is 26.3 Å². The van der Waals surface area contributed by atoms with Gasteiger partial charge in [-0.3, -0.25) is 4.79 Å². The third-order valence-electron chi connectivity index (χ3n) is 6.76. The maximum Gasteiger partial charge on any atom is 0.416 e. The van der Waals surface area contributed by atoms with Crippen molar-refractivity contribution in [1.29, 1.82) is 0 Å². The SMILES string of the molecule is Cc1ccccc1-c1cc(N2CCC(O)CC2)ncc1C(=O)N(C)Cc1cc(C(F)(F)F)cc(C(F)(F)F)c1. The number of hydrogen-bond acceptors (Lipinski definition) is 4. The highest BCUT2D eigenvalue weighted by Gasteiger charge is 2.37. The second kappa shape index (κ2) is 10.9.